The topological polar surface area (TPSA) is 61.8 Å². The average molecular weight is 129 g/mol. The molecule has 0 amide bonds. The second kappa shape index (κ2) is 2.23. The third-order valence-corrected chi connectivity index (χ3v) is 1.35. The van der Waals surface area contributed by atoms with Crippen molar-refractivity contribution in [1.82, 2.24) is 5.01 Å². The van der Waals surface area contributed by atoms with E-state index in [2.05, 4.69) is 5.10 Å². The van der Waals surface area contributed by atoms with Gasteiger partial charge in [-0.05, 0) is 6.92 Å². The van der Waals surface area contributed by atoms with Crippen LogP contribution in [0, 0.1) is 0 Å². The van der Waals surface area contributed by atoms with Crippen molar-refractivity contribution in [1.29, 1.82) is 0 Å². The molecule has 1 unspecified atom stereocenters. The second-order valence-electron chi connectivity index (χ2n) is 2.07. The minimum Gasteiger partial charge on any atom is -0.494 e. The van der Waals surface area contributed by atoms with Gasteiger partial charge in [0, 0.05) is 6.54 Å². The number of hydrogen-bond donors (Lipinski definition) is 2. The molecule has 0 saturated carbocycles. The first-order valence-corrected chi connectivity index (χ1v) is 3.02. The molecule has 1 aliphatic heterocycles. The van der Waals surface area contributed by atoms with Crippen LogP contribution in [0.5, 0.6) is 0 Å². The van der Waals surface area contributed by atoms with Crippen LogP contribution in [0.2, 0.25) is 0 Å². The summed E-state index contributed by atoms with van der Waals surface area (Å²) >= 11 is 0. The summed E-state index contributed by atoms with van der Waals surface area (Å²) in [5.74, 6) is 0.0526. The minimum atomic E-state index is -0.273. The molecule has 0 aromatic heterocycles. The van der Waals surface area contributed by atoms with Gasteiger partial charge in [0.1, 0.15) is 6.04 Å². The van der Waals surface area contributed by atoms with E-state index in [1.807, 2.05) is 6.92 Å². The normalized spacial score (nSPS) is 26.7. The Kier molecular flexibility index (Phi) is 1.57. The Labute approximate surface area is 54.0 Å². The number of hydrogen-bond acceptors (Lipinski definition) is 3. The van der Waals surface area contributed by atoms with Crippen molar-refractivity contribution >= 4 is 5.90 Å². The molecule has 0 saturated heterocycles. The summed E-state index contributed by atoms with van der Waals surface area (Å²) in [6.07, 6.45) is 0. The maximum atomic E-state index is 8.88. The predicted molar refractivity (Wildman–Crippen MR) is 35.3 cm³/mol. The molecule has 0 bridgehead atoms. The van der Waals surface area contributed by atoms with Crippen LogP contribution < -0.4 is 5.73 Å². The molecule has 9 heavy (non-hydrogen) atoms. The monoisotopic (exact) mass is 129 g/mol. The van der Waals surface area contributed by atoms with Gasteiger partial charge in [-0.15, -0.1) is 5.10 Å². The highest BCUT2D eigenvalue weighted by molar-refractivity contribution is 5.80. The van der Waals surface area contributed by atoms with Gasteiger partial charge in [0.15, 0.2) is 0 Å². The standard InChI is InChI=1S/C5H11N3O/c1-2-8-3-4(6)5(9)7-8/h4H,2-3,6H2,1H3,(H,7,9). The Balaban J connectivity index is 2.52. The highest BCUT2D eigenvalue weighted by Crippen LogP contribution is 2.01. The number of likely N-dealkylation sites (N-methyl/N-ethyl adjacent to an activating group) is 1. The largest absolute Gasteiger partial charge is 0.494 e. The van der Waals surface area contributed by atoms with E-state index in [1.165, 1.54) is 0 Å². The van der Waals surface area contributed by atoms with E-state index >= 15 is 0 Å². The zero-order valence-electron chi connectivity index (χ0n) is 5.41. The molecule has 0 radical (unpaired) electrons. The Bertz CT molecular complexity index is 134. The zero-order chi connectivity index (χ0) is 6.85. The lowest BCUT2D eigenvalue weighted by atomic mass is 10.3. The first-order chi connectivity index (χ1) is 4.24. The fraction of sp³-hybridized carbons (Fsp3) is 0.800. The van der Waals surface area contributed by atoms with Crippen molar-refractivity contribution < 1.29 is 5.11 Å². The molecule has 4 heteroatoms. The van der Waals surface area contributed by atoms with Crippen LogP contribution in [0.25, 0.3) is 0 Å². The fourth-order valence-electron chi connectivity index (χ4n) is 0.768. The highest BCUT2D eigenvalue weighted by atomic mass is 16.3. The number of rotatable bonds is 1. The van der Waals surface area contributed by atoms with E-state index in [0.717, 1.165) is 6.54 Å². The first kappa shape index (κ1) is 6.35. The Morgan fingerprint density at radius 3 is 2.89 bits per heavy atom. The number of hydrazone groups is 1. The van der Waals surface area contributed by atoms with Gasteiger partial charge in [0.25, 0.3) is 0 Å². The SMILES string of the molecule is CCN1CC(N)C(O)=N1. The lowest BCUT2D eigenvalue weighted by molar-refractivity contribution is 0.327. The van der Waals surface area contributed by atoms with E-state index in [1.54, 1.807) is 5.01 Å². The van der Waals surface area contributed by atoms with Crippen molar-refractivity contribution in [3.05, 3.63) is 0 Å². The second-order valence-corrected chi connectivity index (χ2v) is 2.07. The van der Waals surface area contributed by atoms with Gasteiger partial charge in [-0.2, -0.15) is 0 Å². The van der Waals surface area contributed by atoms with E-state index in [0.29, 0.717) is 6.54 Å². The summed E-state index contributed by atoms with van der Waals surface area (Å²) in [6, 6.07) is -0.273. The summed E-state index contributed by atoms with van der Waals surface area (Å²) in [7, 11) is 0. The molecule has 1 heterocycles. The Hall–Kier alpha value is -0.770. The van der Waals surface area contributed by atoms with E-state index < -0.39 is 0 Å². The molecule has 52 valence electrons. The van der Waals surface area contributed by atoms with Gasteiger partial charge in [-0.25, -0.2) is 0 Å². The number of aliphatic hydroxyl groups excluding tert-OH is 1. The van der Waals surface area contributed by atoms with Gasteiger partial charge in [-0.3, -0.25) is 5.01 Å². The van der Waals surface area contributed by atoms with Gasteiger partial charge in [0.05, 0.1) is 6.54 Å². The minimum absolute atomic E-state index is 0.0526. The Morgan fingerprint density at radius 1 is 2.00 bits per heavy atom. The fourth-order valence-corrected chi connectivity index (χ4v) is 0.768. The average Bonchev–Trinajstić information content (AvgIpc) is 2.13. The van der Waals surface area contributed by atoms with Crippen LogP contribution >= 0.6 is 0 Å². The van der Waals surface area contributed by atoms with Crippen molar-refractivity contribution in [3.8, 4) is 0 Å². The first-order valence-electron chi connectivity index (χ1n) is 3.02. The van der Waals surface area contributed by atoms with Crippen LogP contribution in [-0.2, 0) is 0 Å². The highest BCUT2D eigenvalue weighted by Gasteiger charge is 2.20. The molecular formula is C5H11N3O. The molecule has 0 aliphatic carbocycles. The summed E-state index contributed by atoms with van der Waals surface area (Å²) < 4.78 is 0. The van der Waals surface area contributed by atoms with Gasteiger partial charge in [0.2, 0.25) is 5.90 Å². The molecule has 0 aromatic carbocycles. The van der Waals surface area contributed by atoms with Gasteiger partial charge < -0.3 is 10.8 Å². The van der Waals surface area contributed by atoms with Gasteiger partial charge in [-0.1, -0.05) is 0 Å². The number of aliphatic hydroxyl groups is 1. The Morgan fingerprint density at radius 2 is 2.67 bits per heavy atom. The maximum Gasteiger partial charge on any atom is 0.222 e. The molecule has 3 N–H and O–H groups in total. The maximum absolute atomic E-state index is 8.88. The third-order valence-electron chi connectivity index (χ3n) is 1.35. The molecule has 4 nitrogen and oxygen atoms in total. The van der Waals surface area contributed by atoms with Crippen LogP contribution in [-0.4, -0.2) is 35.1 Å². The molecule has 0 aromatic rings. The number of nitrogens with two attached hydrogens (primary N) is 1. The van der Waals surface area contributed by atoms with Crippen LogP contribution in [0.1, 0.15) is 6.92 Å². The lowest BCUT2D eigenvalue weighted by Gasteiger charge is -2.08. The molecule has 1 atom stereocenters. The molecule has 1 aliphatic rings. The van der Waals surface area contributed by atoms with Crippen molar-refractivity contribution in [2.75, 3.05) is 13.1 Å². The summed E-state index contributed by atoms with van der Waals surface area (Å²) in [5, 5.41) is 14.4. The number of nitrogens with zero attached hydrogens (tertiary/aromatic N) is 2. The molecular weight excluding hydrogens is 118 g/mol. The summed E-state index contributed by atoms with van der Waals surface area (Å²) in [4.78, 5) is 0. The zero-order valence-corrected chi connectivity index (χ0v) is 5.41. The van der Waals surface area contributed by atoms with E-state index in [9.17, 15) is 0 Å². The van der Waals surface area contributed by atoms with Crippen LogP contribution in [0.4, 0.5) is 0 Å². The summed E-state index contributed by atoms with van der Waals surface area (Å²) in [6.45, 7) is 3.41. The third kappa shape index (κ3) is 1.13. The molecule has 0 spiro atoms. The van der Waals surface area contributed by atoms with E-state index in [-0.39, 0.29) is 11.9 Å². The van der Waals surface area contributed by atoms with E-state index in [4.69, 9.17) is 10.8 Å². The van der Waals surface area contributed by atoms with Crippen LogP contribution in [0.15, 0.2) is 5.10 Å². The van der Waals surface area contributed by atoms with Crippen LogP contribution in [0.3, 0.4) is 0 Å². The summed E-state index contributed by atoms with van der Waals surface area (Å²) in [5.41, 5.74) is 5.42. The van der Waals surface area contributed by atoms with Crippen molar-refractivity contribution in [2.45, 2.75) is 13.0 Å². The lowest BCUT2D eigenvalue weighted by Crippen LogP contribution is -2.32. The quantitative estimate of drug-likeness (QED) is 0.502. The predicted octanol–water partition coefficient (Wildman–Crippen LogP) is -0.479. The smallest absolute Gasteiger partial charge is 0.222 e. The molecule has 0 fully saturated rings. The van der Waals surface area contributed by atoms with Crippen molar-refractivity contribution in [3.63, 3.8) is 0 Å². The van der Waals surface area contributed by atoms with Gasteiger partial charge >= 0.3 is 0 Å². The van der Waals surface area contributed by atoms with Crippen molar-refractivity contribution in [2.24, 2.45) is 10.8 Å². The molecule has 1 rings (SSSR count).